The Hall–Kier alpha value is -3.95. The van der Waals surface area contributed by atoms with Crippen LogP contribution in [0, 0.1) is 6.92 Å². The highest BCUT2D eigenvalue weighted by Crippen LogP contribution is 2.33. The van der Waals surface area contributed by atoms with E-state index in [-0.39, 0.29) is 17.3 Å². The van der Waals surface area contributed by atoms with Crippen molar-refractivity contribution < 1.29 is 22.8 Å². The van der Waals surface area contributed by atoms with Crippen LogP contribution in [0.4, 0.5) is 24.5 Å². The van der Waals surface area contributed by atoms with Crippen LogP contribution >= 0.6 is 0 Å². The standard InChI is InChI=1S/C23H19F3N4O3/c1-14-12-19(31)21(28-30(14)18-9-3-2-8-17(18)23(24,25)26)22(33)27-15-6-4-7-16(13-15)29-11-5-10-20(29)32/h2-4,6-9,12-13H,5,10-11H2,1H3,(H,27,33). The molecule has 1 saturated heterocycles. The van der Waals surface area contributed by atoms with E-state index in [0.717, 1.165) is 23.2 Å². The van der Waals surface area contributed by atoms with E-state index in [0.29, 0.717) is 24.3 Å². The molecule has 3 aromatic rings. The number of aryl methyl sites for hydroxylation is 1. The maximum absolute atomic E-state index is 13.5. The topological polar surface area (TPSA) is 84.3 Å². The highest BCUT2D eigenvalue weighted by atomic mass is 19.4. The second-order valence-electron chi connectivity index (χ2n) is 7.58. The summed E-state index contributed by atoms with van der Waals surface area (Å²) >= 11 is 0. The van der Waals surface area contributed by atoms with Gasteiger partial charge >= 0.3 is 6.18 Å². The Morgan fingerprint density at radius 2 is 1.82 bits per heavy atom. The Labute approximate surface area is 186 Å². The van der Waals surface area contributed by atoms with Crippen molar-refractivity contribution in [1.29, 1.82) is 0 Å². The number of carbonyl (C=O) groups is 2. The van der Waals surface area contributed by atoms with Gasteiger partial charge in [0.05, 0.1) is 11.3 Å². The maximum atomic E-state index is 13.5. The molecule has 33 heavy (non-hydrogen) atoms. The number of anilines is 2. The van der Waals surface area contributed by atoms with E-state index in [2.05, 4.69) is 10.4 Å². The van der Waals surface area contributed by atoms with E-state index in [9.17, 15) is 27.6 Å². The number of rotatable bonds is 4. The van der Waals surface area contributed by atoms with Gasteiger partial charge in [-0.2, -0.15) is 18.3 Å². The highest BCUT2D eigenvalue weighted by Gasteiger charge is 2.34. The first-order valence-electron chi connectivity index (χ1n) is 10.1. The lowest BCUT2D eigenvalue weighted by Gasteiger charge is -2.17. The molecule has 0 saturated carbocycles. The van der Waals surface area contributed by atoms with Crippen molar-refractivity contribution in [2.45, 2.75) is 25.9 Å². The van der Waals surface area contributed by atoms with Gasteiger partial charge in [-0.25, -0.2) is 4.68 Å². The van der Waals surface area contributed by atoms with Crippen LogP contribution in [0.15, 0.2) is 59.4 Å². The summed E-state index contributed by atoms with van der Waals surface area (Å²) < 4.78 is 41.4. The lowest BCUT2D eigenvalue weighted by Crippen LogP contribution is -2.28. The van der Waals surface area contributed by atoms with Crippen molar-refractivity contribution in [3.05, 3.63) is 81.8 Å². The molecular formula is C23H19F3N4O3. The minimum atomic E-state index is -4.65. The summed E-state index contributed by atoms with van der Waals surface area (Å²) in [6, 6.07) is 12.4. The number of carbonyl (C=O) groups excluding carboxylic acids is 2. The zero-order valence-corrected chi connectivity index (χ0v) is 17.5. The summed E-state index contributed by atoms with van der Waals surface area (Å²) in [5, 5.41) is 6.50. The average molecular weight is 456 g/mol. The fraction of sp³-hybridized carbons (Fsp3) is 0.217. The minimum Gasteiger partial charge on any atom is -0.320 e. The van der Waals surface area contributed by atoms with E-state index in [4.69, 9.17) is 0 Å². The van der Waals surface area contributed by atoms with Gasteiger partial charge in [-0.05, 0) is 43.7 Å². The van der Waals surface area contributed by atoms with E-state index in [1.807, 2.05) is 0 Å². The van der Waals surface area contributed by atoms with Gasteiger partial charge in [0.2, 0.25) is 11.3 Å². The molecule has 0 bridgehead atoms. The van der Waals surface area contributed by atoms with Crippen LogP contribution in [0.1, 0.15) is 34.6 Å². The lowest BCUT2D eigenvalue weighted by molar-refractivity contribution is -0.137. The van der Waals surface area contributed by atoms with Gasteiger partial charge in [0, 0.05) is 36.1 Å². The number of para-hydroxylation sites is 1. The number of hydrogen-bond acceptors (Lipinski definition) is 4. The van der Waals surface area contributed by atoms with Gasteiger partial charge in [-0.1, -0.05) is 18.2 Å². The quantitative estimate of drug-likeness (QED) is 0.645. The fourth-order valence-corrected chi connectivity index (χ4v) is 3.71. The second kappa shape index (κ2) is 8.53. The number of alkyl halides is 3. The zero-order chi connectivity index (χ0) is 23.8. The van der Waals surface area contributed by atoms with Crippen molar-refractivity contribution in [3.63, 3.8) is 0 Å². The van der Waals surface area contributed by atoms with Crippen LogP contribution in [0.5, 0.6) is 0 Å². The summed E-state index contributed by atoms with van der Waals surface area (Å²) in [5.41, 5.74) is -1.46. The molecule has 0 unspecified atom stereocenters. The third-order valence-electron chi connectivity index (χ3n) is 5.25. The molecule has 2 aromatic carbocycles. The SMILES string of the molecule is Cc1cc(=O)c(C(=O)Nc2cccc(N3CCCC3=O)c2)nn1-c1ccccc1C(F)(F)F. The molecule has 0 aliphatic carbocycles. The molecule has 170 valence electrons. The Kier molecular flexibility index (Phi) is 5.75. The number of benzene rings is 2. The average Bonchev–Trinajstić information content (AvgIpc) is 3.19. The molecular weight excluding hydrogens is 437 g/mol. The van der Waals surface area contributed by atoms with Crippen molar-refractivity contribution in [2.24, 2.45) is 0 Å². The molecule has 0 atom stereocenters. The first kappa shape index (κ1) is 22.3. The number of aromatic nitrogens is 2. The molecule has 4 rings (SSSR count). The Balaban J connectivity index is 1.68. The van der Waals surface area contributed by atoms with Crippen LogP contribution in [-0.4, -0.2) is 28.1 Å². The summed E-state index contributed by atoms with van der Waals surface area (Å²) in [5.74, 6) is -0.895. The number of nitrogens with zero attached hydrogens (tertiary/aromatic N) is 3. The molecule has 7 nitrogen and oxygen atoms in total. The summed E-state index contributed by atoms with van der Waals surface area (Å²) in [6.45, 7) is 2.00. The van der Waals surface area contributed by atoms with Gasteiger partial charge in [0.15, 0.2) is 5.69 Å². The molecule has 2 heterocycles. The third kappa shape index (κ3) is 4.50. The van der Waals surface area contributed by atoms with Crippen molar-refractivity contribution in [3.8, 4) is 5.69 Å². The third-order valence-corrected chi connectivity index (χ3v) is 5.25. The molecule has 1 aliphatic heterocycles. The number of halogens is 3. The summed E-state index contributed by atoms with van der Waals surface area (Å²) in [4.78, 5) is 38.8. The van der Waals surface area contributed by atoms with E-state index < -0.39 is 28.8 Å². The number of nitrogens with one attached hydrogen (secondary N) is 1. The van der Waals surface area contributed by atoms with Crippen LogP contribution in [0.2, 0.25) is 0 Å². The van der Waals surface area contributed by atoms with Gasteiger partial charge < -0.3 is 10.2 Å². The molecule has 0 radical (unpaired) electrons. The van der Waals surface area contributed by atoms with Crippen LogP contribution < -0.4 is 15.6 Å². The van der Waals surface area contributed by atoms with Gasteiger partial charge in [0.1, 0.15) is 0 Å². The fourth-order valence-electron chi connectivity index (χ4n) is 3.71. The number of hydrogen-bond donors (Lipinski definition) is 1. The molecule has 10 heteroatoms. The van der Waals surface area contributed by atoms with Gasteiger partial charge in [0.25, 0.3) is 5.91 Å². The van der Waals surface area contributed by atoms with Crippen LogP contribution in [-0.2, 0) is 11.0 Å². The predicted molar refractivity (Wildman–Crippen MR) is 116 cm³/mol. The monoisotopic (exact) mass is 456 g/mol. The summed E-state index contributed by atoms with van der Waals surface area (Å²) in [7, 11) is 0. The number of amides is 2. The van der Waals surface area contributed by atoms with Crippen LogP contribution in [0.25, 0.3) is 5.69 Å². The molecule has 1 aliphatic rings. The lowest BCUT2D eigenvalue weighted by atomic mass is 10.1. The van der Waals surface area contributed by atoms with Crippen molar-refractivity contribution in [1.82, 2.24) is 9.78 Å². The first-order valence-corrected chi connectivity index (χ1v) is 10.1. The Morgan fingerprint density at radius 3 is 2.52 bits per heavy atom. The molecule has 0 spiro atoms. The highest BCUT2D eigenvalue weighted by molar-refractivity contribution is 6.03. The largest absolute Gasteiger partial charge is 0.418 e. The molecule has 1 fully saturated rings. The summed E-state index contributed by atoms with van der Waals surface area (Å²) in [6.07, 6.45) is -3.46. The van der Waals surface area contributed by atoms with E-state index in [1.54, 1.807) is 29.2 Å². The van der Waals surface area contributed by atoms with Crippen molar-refractivity contribution >= 4 is 23.2 Å². The normalized spacial score (nSPS) is 13.9. The van der Waals surface area contributed by atoms with Crippen LogP contribution in [0.3, 0.4) is 0 Å². The smallest absolute Gasteiger partial charge is 0.320 e. The molecule has 1 aromatic heterocycles. The zero-order valence-electron chi connectivity index (χ0n) is 17.5. The Bertz CT molecular complexity index is 1300. The molecule has 1 N–H and O–H groups in total. The molecule has 2 amide bonds. The van der Waals surface area contributed by atoms with E-state index >= 15 is 0 Å². The van der Waals surface area contributed by atoms with Gasteiger partial charge in [-0.15, -0.1) is 0 Å². The van der Waals surface area contributed by atoms with Gasteiger partial charge in [-0.3, -0.25) is 14.4 Å². The van der Waals surface area contributed by atoms with Crippen molar-refractivity contribution in [2.75, 3.05) is 16.8 Å². The Morgan fingerprint density at radius 1 is 1.06 bits per heavy atom. The van der Waals surface area contributed by atoms with E-state index in [1.165, 1.54) is 25.1 Å². The maximum Gasteiger partial charge on any atom is 0.418 e. The second-order valence-corrected chi connectivity index (χ2v) is 7.58. The minimum absolute atomic E-state index is 0.0232. The first-order chi connectivity index (χ1) is 15.6. The predicted octanol–water partition coefficient (Wildman–Crippen LogP) is 3.94.